The Morgan fingerprint density at radius 1 is 1.09 bits per heavy atom. The van der Waals surface area contributed by atoms with Crippen LogP contribution in [0.1, 0.15) is 21.5 Å². The standard InChI is InChI=1S/C15H14ClNO4S/c1-9-3-5-11(6-4-9)17-22(20,21)13-8-7-12(16)14(10(13)2)15(18)19/h3-8,17H,1-2H3,(H,18,19). The molecule has 0 radical (unpaired) electrons. The molecule has 116 valence electrons. The van der Waals surface area contributed by atoms with Crippen LogP contribution < -0.4 is 4.72 Å². The van der Waals surface area contributed by atoms with E-state index in [1.54, 1.807) is 24.3 Å². The second-order valence-corrected chi connectivity index (χ2v) is 6.88. The van der Waals surface area contributed by atoms with Gasteiger partial charge in [0.05, 0.1) is 15.5 Å². The third kappa shape index (κ3) is 3.23. The number of aromatic carboxylic acids is 1. The number of aryl methyl sites for hydroxylation is 1. The smallest absolute Gasteiger partial charge is 0.337 e. The van der Waals surface area contributed by atoms with Gasteiger partial charge in [-0.25, -0.2) is 13.2 Å². The molecule has 0 spiro atoms. The number of sulfonamides is 1. The molecule has 2 N–H and O–H groups in total. The van der Waals surface area contributed by atoms with Crippen LogP contribution in [0.5, 0.6) is 0 Å². The number of carboxylic acid groups (broad SMARTS) is 1. The van der Waals surface area contributed by atoms with Gasteiger partial charge in [-0.05, 0) is 43.7 Å². The molecule has 5 nitrogen and oxygen atoms in total. The fourth-order valence-corrected chi connectivity index (χ4v) is 3.64. The zero-order chi connectivity index (χ0) is 16.5. The van der Waals surface area contributed by atoms with E-state index in [0.717, 1.165) is 5.56 Å². The van der Waals surface area contributed by atoms with E-state index in [4.69, 9.17) is 16.7 Å². The molecule has 0 heterocycles. The summed E-state index contributed by atoms with van der Waals surface area (Å²) in [5.41, 5.74) is 1.28. The predicted octanol–water partition coefficient (Wildman–Crippen LogP) is 3.46. The van der Waals surface area contributed by atoms with Crippen molar-refractivity contribution in [2.75, 3.05) is 4.72 Å². The first-order chi connectivity index (χ1) is 10.2. The van der Waals surface area contributed by atoms with Crippen molar-refractivity contribution in [3.05, 3.63) is 58.1 Å². The average molecular weight is 340 g/mol. The second-order valence-electron chi connectivity index (χ2n) is 4.82. The number of carboxylic acids is 1. The number of carbonyl (C=O) groups is 1. The fourth-order valence-electron chi connectivity index (χ4n) is 2.04. The van der Waals surface area contributed by atoms with Crippen LogP contribution in [0.2, 0.25) is 5.02 Å². The minimum atomic E-state index is -3.90. The second kappa shape index (κ2) is 5.98. The molecule has 0 unspecified atom stereocenters. The lowest BCUT2D eigenvalue weighted by atomic mass is 10.1. The Morgan fingerprint density at radius 2 is 1.68 bits per heavy atom. The molecule has 0 aliphatic carbocycles. The SMILES string of the molecule is Cc1ccc(NS(=O)(=O)c2ccc(Cl)c(C(=O)O)c2C)cc1. The number of rotatable bonds is 4. The van der Waals surface area contributed by atoms with Crippen molar-refractivity contribution in [1.29, 1.82) is 0 Å². The van der Waals surface area contributed by atoms with Gasteiger partial charge in [0.2, 0.25) is 0 Å². The van der Waals surface area contributed by atoms with Gasteiger partial charge in [0, 0.05) is 5.69 Å². The van der Waals surface area contributed by atoms with E-state index >= 15 is 0 Å². The Kier molecular flexibility index (Phi) is 4.44. The highest BCUT2D eigenvalue weighted by molar-refractivity contribution is 7.92. The summed E-state index contributed by atoms with van der Waals surface area (Å²) in [4.78, 5) is 11.1. The molecule has 0 aromatic heterocycles. The number of halogens is 1. The van der Waals surface area contributed by atoms with Crippen molar-refractivity contribution < 1.29 is 18.3 Å². The lowest BCUT2D eigenvalue weighted by molar-refractivity contribution is 0.0696. The summed E-state index contributed by atoms with van der Waals surface area (Å²) in [5, 5.41) is 9.16. The topological polar surface area (TPSA) is 83.5 Å². The summed E-state index contributed by atoms with van der Waals surface area (Å²) < 4.78 is 27.3. The van der Waals surface area contributed by atoms with E-state index in [0.29, 0.717) is 5.69 Å². The van der Waals surface area contributed by atoms with Crippen molar-refractivity contribution in [2.45, 2.75) is 18.7 Å². The minimum absolute atomic E-state index is 0.000661. The van der Waals surface area contributed by atoms with E-state index < -0.39 is 16.0 Å². The largest absolute Gasteiger partial charge is 0.478 e. The summed E-state index contributed by atoms with van der Waals surface area (Å²) in [5.74, 6) is -1.27. The quantitative estimate of drug-likeness (QED) is 0.893. The third-order valence-electron chi connectivity index (χ3n) is 3.17. The molecule has 2 aromatic rings. The van der Waals surface area contributed by atoms with Gasteiger partial charge in [0.25, 0.3) is 10.0 Å². The number of benzene rings is 2. The monoisotopic (exact) mass is 339 g/mol. The van der Waals surface area contributed by atoms with Crippen LogP contribution >= 0.6 is 11.6 Å². The molecule has 0 fully saturated rings. The minimum Gasteiger partial charge on any atom is -0.478 e. The van der Waals surface area contributed by atoms with E-state index in [-0.39, 0.29) is 21.0 Å². The van der Waals surface area contributed by atoms with Crippen LogP contribution in [0.3, 0.4) is 0 Å². The Hall–Kier alpha value is -2.05. The summed E-state index contributed by atoms with van der Waals surface area (Å²) in [7, 11) is -3.90. The van der Waals surface area contributed by atoms with Crippen molar-refractivity contribution in [1.82, 2.24) is 0 Å². The lowest BCUT2D eigenvalue weighted by Crippen LogP contribution is -2.16. The van der Waals surface area contributed by atoms with Crippen LogP contribution in [0.25, 0.3) is 0 Å². The highest BCUT2D eigenvalue weighted by Crippen LogP contribution is 2.27. The molecule has 0 aliphatic heterocycles. The van der Waals surface area contributed by atoms with E-state index in [1.807, 2.05) is 6.92 Å². The molecule has 2 rings (SSSR count). The molecule has 0 aliphatic rings. The van der Waals surface area contributed by atoms with E-state index in [9.17, 15) is 13.2 Å². The Labute approximate surface area is 133 Å². The highest BCUT2D eigenvalue weighted by atomic mass is 35.5. The first-order valence-corrected chi connectivity index (χ1v) is 8.20. The maximum absolute atomic E-state index is 12.4. The van der Waals surface area contributed by atoms with Crippen LogP contribution in [-0.2, 0) is 10.0 Å². The van der Waals surface area contributed by atoms with Gasteiger partial charge in [-0.2, -0.15) is 0 Å². The number of nitrogens with one attached hydrogen (secondary N) is 1. The highest BCUT2D eigenvalue weighted by Gasteiger charge is 2.23. The summed E-state index contributed by atoms with van der Waals surface area (Å²) in [6.45, 7) is 3.31. The number of hydrogen-bond acceptors (Lipinski definition) is 3. The van der Waals surface area contributed by atoms with Gasteiger partial charge in [0.1, 0.15) is 0 Å². The molecule has 0 saturated heterocycles. The Morgan fingerprint density at radius 3 is 2.23 bits per heavy atom. The van der Waals surface area contributed by atoms with Gasteiger partial charge < -0.3 is 5.11 Å². The van der Waals surface area contributed by atoms with Gasteiger partial charge in [-0.1, -0.05) is 29.3 Å². The summed E-state index contributed by atoms with van der Waals surface area (Å²) in [6, 6.07) is 9.37. The van der Waals surface area contributed by atoms with Crippen LogP contribution in [0.15, 0.2) is 41.3 Å². The van der Waals surface area contributed by atoms with Crippen molar-refractivity contribution in [3.63, 3.8) is 0 Å². The summed E-state index contributed by atoms with van der Waals surface area (Å²) in [6.07, 6.45) is 0. The predicted molar refractivity (Wildman–Crippen MR) is 85.1 cm³/mol. The molecule has 2 aromatic carbocycles. The molecule has 0 saturated carbocycles. The molecular weight excluding hydrogens is 326 g/mol. The van der Waals surface area contributed by atoms with Gasteiger partial charge >= 0.3 is 5.97 Å². The molecule has 0 atom stereocenters. The zero-order valence-corrected chi connectivity index (χ0v) is 13.5. The van der Waals surface area contributed by atoms with Crippen molar-refractivity contribution >= 4 is 33.3 Å². The maximum Gasteiger partial charge on any atom is 0.337 e. The fraction of sp³-hybridized carbons (Fsp3) is 0.133. The van der Waals surface area contributed by atoms with Gasteiger partial charge in [0.15, 0.2) is 0 Å². The maximum atomic E-state index is 12.4. The normalized spacial score (nSPS) is 11.2. The zero-order valence-electron chi connectivity index (χ0n) is 11.9. The van der Waals surface area contributed by atoms with Gasteiger partial charge in [-0.15, -0.1) is 0 Å². The van der Waals surface area contributed by atoms with Crippen LogP contribution in [0.4, 0.5) is 5.69 Å². The van der Waals surface area contributed by atoms with Crippen LogP contribution in [-0.4, -0.2) is 19.5 Å². The molecular formula is C15H14ClNO4S. The van der Waals surface area contributed by atoms with Crippen LogP contribution in [0, 0.1) is 13.8 Å². The third-order valence-corrected chi connectivity index (χ3v) is 5.01. The van der Waals surface area contributed by atoms with Crippen molar-refractivity contribution in [2.24, 2.45) is 0 Å². The Bertz CT molecular complexity index is 829. The summed E-state index contributed by atoms with van der Waals surface area (Å²) >= 11 is 5.83. The van der Waals surface area contributed by atoms with Gasteiger partial charge in [-0.3, -0.25) is 4.72 Å². The Balaban J connectivity index is 2.48. The van der Waals surface area contributed by atoms with E-state index in [2.05, 4.69) is 4.72 Å². The molecule has 7 heteroatoms. The molecule has 0 amide bonds. The molecule has 22 heavy (non-hydrogen) atoms. The first-order valence-electron chi connectivity index (χ1n) is 6.34. The first kappa shape index (κ1) is 16.3. The lowest BCUT2D eigenvalue weighted by Gasteiger charge is -2.13. The number of anilines is 1. The average Bonchev–Trinajstić information content (AvgIpc) is 2.40. The number of hydrogen-bond donors (Lipinski definition) is 2. The van der Waals surface area contributed by atoms with Crippen molar-refractivity contribution in [3.8, 4) is 0 Å². The van der Waals surface area contributed by atoms with E-state index in [1.165, 1.54) is 19.1 Å². The molecule has 0 bridgehead atoms.